The summed E-state index contributed by atoms with van der Waals surface area (Å²) in [6, 6.07) is 16.8. The molecule has 2 heteroatoms. The lowest BCUT2D eigenvalue weighted by atomic mass is 9.86. The summed E-state index contributed by atoms with van der Waals surface area (Å²) in [5.41, 5.74) is 3.68. The number of ether oxygens (including phenoxy) is 2. The lowest BCUT2D eigenvalue weighted by molar-refractivity contribution is -0.0666. The van der Waals surface area contributed by atoms with Crippen molar-refractivity contribution in [3.8, 4) is 5.75 Å². The maximum absolute atomic E-state index is 6.54. The molecule has 0 N–H and O–H groups in total. The van der Waals surface area contributed by atoms with Crippen LogP contribution in [0.2, 0.25) is 0 Å². The Morgan fingerprint density at radius 1 is 1.00 bits per heavy atom. The molecule has 0 saturated heterocycles. The normalized spacial score (nSPS) is 19.3. The van der Waals surface area contributed by atoms with Gasteiger partial charge >= 0.3 is 0 Å². The first-order valence-corrected chi connectivity index (χ1v) is 7.65. The van der Waals surface area contributed by atoms with Gasteiger partial charge in [0.1, 0.15) is 11.9 Å². The van der Waals surface area contributed by atoms with Crippen LogP contribution < -0.4 is 4.74 Å². The second-order valence-corrected chi connectivity index (χ2v) is 5.56. The minimum absolute atomic E-state index is 0.0204. The summed E-state index contributed by atoms with van der Waals surface area (Å²) in [6.45, 7) is 4.41. The van der Waals surface area contributed by atoms with Crippen molar-refractivity contribution in [3.05, 3.63) is 65.2 Å². The van der Waals surface area contributed by atoms with Crippen molar-refractivity contribution in [2.24, 2.45) is 0 Å². The molecule has 21 heavy (non-hydrogen) atoms. The SMILES string of the molecule is CCC1(CC)O[C@@H](c2ccc(OC)cc2)c2ccccc21. The fourth-order valence-electron chi connectivity index (χ4n) is 3.32. The quantitative estimate of drug-likeness (QED) is 0.799. The van der Waals surface area contributed by atoms with Crippen LogP contribution in [0, 0.1) is 0 Å². The van der Waals surface area contributed by atoms with Gasteiger partial charge in [0, 0.05) is 0 Å². The van der Waals surface area contributed by atoms with Gasteiger partial charge in [-0.2, -0.15) is 0 Å². The van der Waals surface area contributed by atoms with Crippen LogP contribution in [-0.2, 0) is 10.3 Å². The van der Waals surface area contributed by atoms with E-state index in [1.54, 1.807) is 7.11 Å². The van der Waals surface area contributed by atoms with E-state index in [-0.39, 0.29) is 11.7 Å². The maximum Gasteiger partial charge on any atom is 0.118 e. The fourth-order valence-corrected chi connectivity index (χ4v) is 3.32. The zero-order valence-corrected chi connectivity index (χ0v) is 12.9. The van der Waals surface area contributed by atoms with E-state index in [4.69, 9.17) is 9.47 Å². The summed E-state index contributed by atoms with van der Waals surface area (Å²) < 4.78 is 11.8. The van der Waals surface area contributed by atoms with Crippen molar-refractivity contribution in [3.63, 3.8) is 0 Å². The molecule has 2 nitrogen and oxygen atoms in total. The van der Waals surface area contributed by atoms with Crippen LogP contribution in [0.25, 0.3) is 0 Å². The predicted octanol–water partition coefficient (Wildman–Crippen LogP) is 4.83. The smallest absolute Gasteiger partial charge is 0.118 e. The van der Waals surface area contributed by atoms with Gasteiger partial charge in [-0.05, 0) is 41.7 Å². The number of fused-ring (bicyclic) bond motifs is 1. The highest BCUT2D eigenvalue weighted by Crippen LogP contribution is 2.49. The molecule has 3 rings (SSSR count). The molecular weight excluding hydrogens is 260 g/mol. The zero-order valence-electron chi connectivity index (χ0n) is 12.9. The van der Waals surface area contributed by atoms with E-state index in [1.165, 1.54) is 16.7 Å². The summed E-state index contributed by atoms with van der Waals surface area (Å²) in [5.74, 6) is 0.877. The van der Waals surface area contributed by atoms with E-state index in [2.05, 4.69) is 50.2 Å². The molecule has 1 aliphatic heterocycles. The predicted molar refractivity (Wildman–Crippen MR) is 84.6 cm³/mol. The highest BCUT2D eigenvalue weighted by molar-refractivity contribution is 5.44. The number of hydrogen-bond donors (Lipinski definition) is 0. The Kier molecular flexibility index (Phi) is 3.73. The van der Waals surface area contributed by atoms with Gasteiger partial charge in [0.2, 0.25) is 0 Å². The van der Waals surface area contributed by atoms with Crippen molar-refractivity contribution in [1.82, 2.24) is 0 Å². The highest BCUT2D eigenvalue weighted by atomic mass is 16.5. The third kappa shape index (κ3) is 2.24. The Morgan fingerprint density at radius 2 is 1.67 bits per heavy atom. The van der Waals surface area contributed by atoms with E-state index < -0.39 is 0 Å². The zero-order chi connectivity index (χ0) is 14.9. The summed E-state index contributed by atoms with van der Waals surface area (Å²) >= 11 is 0. The van der Waals surface area contributed by atoms with E-state index in [1.807, 2.05) is 12.1 Å². The maximum atomic E-state index is 6.54. The number of methoxy groups -OCH3 is 1. The third-order valence-electron chi connectivity index (χ3n) is 4.64. The second-order valence-electron chi connectivity index (χ2n) is 5.56. The van der Waals surface area contributed by atoms with Gasteiger partial charge in [0.05, 0.1) is 12.7 Å². The van der Waals surface area contributed by atoms with Gasteiger partial charge in [0.15, 0.2) is 0 Å². The van der Waals surface area contributed by atoms with Crippen molar-refractivity contribution < 1.29 is 9.47 Å². The van der Waals surface area contributed by atoms with Gasteiger partial charge in [-0.1, -0.05) is 50.2 Å². The Balaban J connectivity index is 2.04. The monoisotopic (exact) mass is 282 g/mol. The molecule has 0 aromatic heterocycles. The van der Waals surface area contributed by atoms with Crippen molar-refractivity contribution in [2.45, 2.75) is 38.4 Å². The van der Waals surface area contributed by atoms with Crippen molar-refractivity contribution in [1.29, 1.82) is 0 Å². The summed E-state index contributed by atoms with van der Waals surface area (Å²) in [6.07, 6.45) is 2.01. The molecule has 0 saturated carbocycles. The first kappa shape index (κ1) is 14.2. The molecule has 0 amide bonds. The third-order valence-corrected chi connectivity index (χ3v) is 4.64. The van der Waals surface area contributed by atoms with Gasteiger partial charge in [0.25, 0.3) is 0 Å². The average molecular weight is 282 g/mol. The largest absolute Gasteiger partial charge is 0.497 e. The van der Waals surface area contributed by atoms with Crippen LogP contribution in [0.4, 0.5) is 0 Å². The van der Waals surface area contributed by atoms with Crippen molar-refractivity contribution in [2.75, 3.05) is 7.11 Å². The second kappa shape index (κ2) is 5.53. The standard InChI is InChI=1S/C19H22O2/c1-4-19(5-2)17-9-7-6-8-16(17)18(21-19)14-10-12-15(20-3)13-11-14/h6-13,18H,4-5H2,1-3H3/t18-/m0/s1. The minimum atomic E-state index is -0.152. The van der Waals surface area contributed by atoms with Crippen LogP contribution in [0.3, 0.4) is 0 Å². The Hall–Kier alpha value is -1.80. The molecule has 0 unspecified atom stereocenters. The van der Waals surface area contributed by atoms with Gasteiger partial charge < -0.3 is 9.47 Å². The molecule has 1 aliphatic rings. The highest BCUT2D eigenvalue weighted by Gasteiger charge is 2.42. The lowest BCUT2D eigenvalue weighted by Gasteiger charge is -2.28. The first-order chi connectivity index (χ1) is 10.2. The molecular formula is C19H22O2. The molecule has 1 heterocycles. The summed E-state index contributed by atoms with van der Waals surface area (Å²) in [4.78, 5) is 0. The summed E-state index contributed by atoms with van der Waals surface area (Å²) in [5, 5.41) is 0. The molecule has 2 aromatic rings. The van der Waals surface area contributed by atoms with Crippen LogP contribution in [0.1, 0.15) is 49.5 Å². The molecule has 0 radical (unpaired) electrons. The molecule has 0 spiro atoms. The van der Waals surface area contributed by atoms with Crippen LogP contribution >= 0.6 is 0 Å². The van der Waals surface area contributed by atoms with E-state index in [0.29, 0.717) is 0 Å². The average Bonchev–Trinajstić information content (AvgIpc) is 2.90. The fraction of sp³-hybridized carbons (Fsp3) is 0.368. The van der Waals surface area contributed by atoms with Crippen LogP contribution in [0.5, 0.6) is 5.75 Å². The number of benzene rings is 2. The van der Waals surface area contributed by atoms with E-state index >= 15 is 0 Å². The molecule has 110 valence electrons. The lowest BCUT2D eigenvalue weighted by Crippen LogP contribution is -2.23. The molecule has 0 fully saturated rings. The van der Waals surface area contributed by atoms with Gasteiger partial charge in [-0.15, -0.1) is 0 Å². The van der Waals surface area contributed by atoms with Crippen LogP contribution in [-0.4, -0.2) is 7.11 Å². The van der Waals surface area contributed by atoms with Gasteiger partial charge in [-0.3, -0.25) is 0 Å². The van der Waals surface area contributed by atoms with Crippen LogP contribution in [0.15, 0.2) is 48.5 Å². The number of hydrogen-bond acceptors (Lipinski definition) is 2. The Labute approximate surface area is 126 Å². The molecule has 2 aromatic carbocycles. The summed E-state index contributed by atoms with van der Waals surface area (Å²) in [7, 11) is 1.69. The Morgan fingerprint density at radius 3 is 2.29 bits per heavy atom. The topological polar surface area (TPSA) is 18.5 Å². The van der Waals surface area contributed by atoms with Crippen molar-refractivity contribution >= 4 is 0 Å². The molecule has 0 bridgehead atoms. The minimum Gasteiger partial charge on any atom is -0.497 e. The molecule has 0 aliphatic carbocycles. The van der Waals surface area contributed by atoms with E-state index in [9.17, 15) is 0 Å². The van der Waals surface area contributed by atoms with E-state index in [0.717, 1.165) is 18.6 Å². The Bertz CT molecular complexity index is 612. The number of rotatable bonds is 4. The first-order valence-electron chi connectivity index (χ1n) is 7.65. The molecule has 1 atom stereocenters. The van der Waals surface area contributed by atoms with Gasteiger partial charge in [-0.25, -0.2) is 0 Å².